The summed E-state index contributed by atoms with van der Waals surface area (Å²) in [7, 11) is 1.27. The Balaban J connectivity index is 2.75. The number of halogens is 2. The first-order valence-electron chi connectivity index (χ1n) is 6.49. The number of methoxy groups -OCH3 is 1. The molecule has 0 aliphatic rings. The van der Waals surface area contributed by atoms with Crippen LogP contribution in [0.15, 0.2) is 18.2 Å². The minimum Gasteiger partial charge on any atom is -0.493 e. The number of benzene rings is 1. The molecule has 1 aromatic rings. The number of amides is 1. The van der Waals surface area contributed by atoms with Crippen molar-refractivity contribution in [3.63, 3.8) is 0 Å². The molecule has 0 aliphatic heterocycles. The number of carbonyl (C=O) groups excluding carboxylic acids is 1. The number of carboxylic acids is 1. The van der Waals surface area contributed by atoms with E-state index >= 15 is 0 Å². The summed E-state index contributed by atoms with van der Waals surface area (Å²) < 4.78 is 33.6. The molecule has 6 nitrogen and oxygen atoms in total. The van der Waals surface area contributed by atoms with Crippen molar-refractivity contribution in [3.8, 4) is 11.5 Å². The van der Waals surface area contributed by atoms with Crippen molar-refractivity contribution in [2.24, 2.45) is 0 Å². The zero-order valence-corrected chi connectivity index (χ0v) is 12.1. The van der Waals surface area contributed by atoms with E-state index in [1.165, 1.54) is 25.3 Å². The Kier molecular flexibility index (Phi) is 6.55. The van der Waals surface area contributed by atoms with Gasteiger partial charge in [-0.05, 0) is 31.5 Å². The Labute approximate surface area is 126 Å². The molecule has 2 N–H and O–H groups in total. The molecule has 0 saturated heterocycles. The molecular weight excluding hydrogens is 300 g/mol. The number of ether oxygens (including phenoxy) is 2. The van der Waals surface area contributed by atoms with Crippen molar-refractivity contribution >= 4 is 11.9 Å². The summed E-state index contributed by atoms with van der Waals surface area (Å²) in [6.07, 6.45) is 0.219. The van der Waals surface area contributed by atoms with Gasteiger partial charge in [-0.25, -0.2) is 0 Å². The second-order valence-corrected chi connectivity index (χ2v) is 4.55. The van der Waals surface area contributed by atoms with Gasteiger partial charge in [0.2, 0.25) is 0 Å². The SMILES string of the molecule is COc1cc(C(=O)NC(C)CCC(=O)O)ccc1OC(F)F. The second kappa shape index (κ2) is 8.16. The van der Waals surface area contributed by atoms with Crippen LogP contribution in [0.3, 0.4) is 0 Å². The summed E-state index contributed by atoms with van der Waals surface area (Å²) >= 11 is 0. The highest BCUT2D eigenvalue weighted by molar-refractivity contribution is 5.95. The van der Waals surface area contributed by atoms with Crippen molar-refractivity contribution in [1.82, 2.24) is 5.32 Å². The van der Waals surface area contributed by atoms with Crippen molar-refractivity contribution < 1.29 is 33.0 Å². The summed E-state index contributed by atoms with van der Waals surface area (Å²) in [5.41, 5.74) is 0.195. The molecule has 22 heavy (non-hydrogen) atoms. The quantitative estimate of drug-likeness (QED) is 0.768. The highest BCUT2D eigenvalue weighted by atomic mass is 19.3. The maximum atomic E-state index is 12.2. The van der Waals surface area contributed by atoms with Crippen LogP contribution < -0.4 is 14.8 Å². The normalized spacial score (nSPS) is 11.9. The summed E-state index contributed by atoms with van der Waals surface area (Å²) in [6.45, 7) is -1.32. The standard InChI is InChI=1S/C14H17F2NO5/c1-8(3-6-12(18)19)17-13(20)9-4-5-10(22-14(15)16)11(7-9)21-2/h4-5,7-8,14H,3,6H2,1-2H3,(H,17,20)(H,18,19). The zero-order valence-electron chi connectivity index (χ0n) is 12.1. The third-order valence-corrected chi connectivity index (χ3v) is 2.81. The third-order valence-electron chi connectivity index (χ3n) is 2.81. The lowest BCUT2D eigenvalue weighted by molar-refractivity contribution is -0.137. The van der Waals surface area contributed by atoms with Crippen LogP contribution in [-0.4, -0.2) is 36.7 Å². The first kappa shape index (κ1) is 17.7. The Hall–Kier alpha value is -2.38. The first-order valence-corrected chi connectivity index (χ1v) is 6.49. The fraction of sp³-hybridized carbons (Fsp3) is 0.429. The number of hydrogen-bond donors (Lipinski definition) is 2. The van der Waals surface area contributed by atoms with E-state index in [1.807, 2.05) is 0 Å². The molecule has 0 radical (unpaired) electrons. The van der Waals surface area contributed by atoms with Crippen molar-refractivity contribution in [1.29, 1.82) is 0 Å². The summed E-state index contributed by atoms with van der Waals surface area (Å²) in [5.74, 6) is -1.57. The maximum Gasteiger partial charge on any atom is 0.387 e. The molecule has 1 aromatic carbocycles. The average molecular weight is 317 g/mol. The van der Waals surface area contributed by atoms with Crippen LogP contribution >= 0.6 is 0 Å². The Morgan fingerprint density at radius 3 is 2.55 bits per heavy atom. The molecule has 1 unspecified atom stereocenters. The Bertz CT molecular complexity index is 536. The fourth-order valence-corrected chi connectivity index (χ4v) is 1.72. The van der Waals surface area contributed by atoms with E-state index in [4.69, 9.17) is 9.84 Å². The van der Waals surface area contributed by atoms with Crippen LogP contribution in [0, 0.1) is 0 Å². The van der Waals surface area contributed by atoms with E-state index in [0.29, 0.717) is 0 Å². The van der Waals surface area contributed by atoms with Gasteiger partial charge in [-0.3, -0.25) is 9.59 Å². The summed E-state index contributed by atoms with van der Waals surface area (Å²) in [4.78, 5) is 22.5. The smallest absolute Gasteiger partial charge is 0.387 e. The van der Waals surface area contributed by atoms with E-state index in [0.717, 1.165) is 0 Å². The van der Waals surface area contributed by atoms with E-state index in [1.54, 1.807) is 6.92 Å². The molecule has 0 spiro atoms. The van der Waals surface area contributed by atoms with Crippen LogP contribution in [0.5, 0.6) is 11.5 Å². The van der Waals surface area contributed by atoms with E-state index < -0.39 is 18.5 Å². The van der Waals surface area contributed by atoms with Gasteiger partial charge in [0.1, 0.15) is 0 Å². The lowest BCUT2D eigenvalue weighted by Crippen LogP contribution is -2.32. The number of carboxylic acid groups (broad SMARTS) is 1. The van der Waals surface area contributed by atoms with Crippen molar-refractivity contribution in [3.05, 3.63) is 23.8 Å². The molecule has 1 atom stereocenters. The molecule has 0 aromatic heterocycles. The second-order valence-electron chi connectivity index (χ2n) is 4.55. The maximum absolute atomic E-state index is 12.2. The molecular formula is C14H17F2NO5. The predicted octanol–water partition coefficient (Wildman–Crippen LogP) is 2.28. The Morgan fingerprint density at radius 2 is 2.00 bits per heavy atom. The molecule has 1 rings (SSSR count). The van der Waals surface area contributed by atoms with Crippen LogP contribution in [0.2, 0.25) is 0 Å². The van der Waals surface area contributed by atoms with Gasteiger partial charge in [-0.2, -0.15) is 8.78 Å². The fourth-order valence-electron chi connectivity index (χ4n) is 1.72. The van der Waals surface area contributed by atoms with Gasteiger partial charge in [-0.1, -0.05) is 0 Å². The van der Waals surface area contributed by atoms with E-state index in [-0.39, 0.29) is 35.9 Å². The summed E-state index contributed by atoms with van der Waals surface area (Å²) in [6, 6.07) is 3.46. The first-order chi connectivity index (χ1) is 10.3. The minimum atomic E-state index is -3.00. The number of aliphatic carboxylic acids is 1. The van der Waals surface area contributed by atoms with Gasteiger partial charge in [-0.15, -0.1) is 0 Å². The lowest BCUT2D eigenvalue weighted by atomic mass is 10.1. The Morgan fingerprint density at radius 1 is 1.32 bits per heavy atom. The lowest BCUT2D eigenvalue weighted by Gasteiger charge is -2.14. The predicted molar refractivity (Wildman–Crippen MR) is 73.4 cm³/mol. The molecule has 122 valence electrons. The van der Waals surface area contributed by atoms with Gasteiger partial charge >= 0.3 is 12.6 Å². The molecule has 0 fully saturated rings. The monoisotopic (exact) mass is 317 g/mol. The van der Waals surface area contributed by atoms with Gasteiger partial charge in [0.25, 0.3) is 5.91 Å². The van der Waals surface area contributed by atoms with Gasteiger partial charge in [0.15, 0.2) is 11.5 Å². The highest BCUT2D eigenvalue weighted by Crippen LogP contribution is 2.29. The summed E-state index contributed by atoms with van der Waals surface area (Å²) in [5, 5.41) is 11.2. The van der Waals surface area contributed by atoms with Crippen LogP contribution in [0.1, 0.15) is 30.1 Å². The largest absolute Gasteiger partial charge is 0.493 e. The van der Waals surface area contributed by atoms with E-state index in [9.17, 15) is 18.4 Å². The molecule has 0 bridgehead atoms. The number of alkyl halides is 2. The molecule has 0 saturated carbocycles. The van der Waals surface area contributed by atoms with Crippen LogP contribution in [-0.2, 0) is 4.79 Å². The molecule has 8 heteroatoms. The average Bonchev–Trinajstić information content (AvgIpc) is 2.44. The van der Waals surface area contributed by atoms with Crippen molar-refractivity contribution in [2.45, 2.75) is 32.4 Å². The van der Waals surface area contributed by atoms with Gasteiger partial charge in [0.05, 0.1) is 7.11 Å². The van der Waals surface area contributed by atoms with Crippen LogP contribution in [0.25, 0.3) is 0 Å². The third kappa shape index (κ3) is 5.55. The van der Waals surface area contributed by atoms with Crippen LogP contribution in [0.4, 0.5) is 8.78 Å². The molecule has 0 aliphatic carbocycles. The van der Waals surface area contributed by atoms with E-state index in [2.05, 4.69) is 10.1 Å². The zero-order chi connectivity index (χ0) is 16.7. The van der Waals surface area contributed by atoms with Crippen molar-refractivity contribution in [2.75, 3.05) is 7.11 Å². The number of nitrogens with one attached hydrogen (secondary N) is 1. The topological polar surface area (TPSA) is 84.9 Å². The van der Waals surface area contributed by atoms with Gasteiger partial charge in [0, 0.05) is 18.0 Å². The number of carbonyl (C=O) groups is 2. The van der Waals surface area contributed by atoms with Gasteiger partial charge < -0.3 is 19.9 Å². The number of hydrogen-bond acceptors (Lipinski definition) is 4. The number of rotatable bonds is 8. The highest BCUT2D eigenvalue weighted by Gasteiger charge is 2.15. The molecule has 0 heterocycles. The molecule has 1 amide bonds. The minimum absolute atomic E-state index is 0.00568.